The predicted molar refractivity (Wildman–Crippen MR) is 90.3 cm³/mol. The van der Waals surface area contributed by atoms with E-state index < -0.39 is 11.7 Å². The maximum atomic E-state index is 12.1. The summed E-state index contributed by atoms with van der Waals surface area (Å²) in [5, 5.41) is 13.2. The number of benzene rings is 1. The lowest BCUT2D eigenvalue weighted by molar-refractivity contribution is 0.0635. The average Bonchev–Trinajstić information content (AvgIpc) is 2.48. The SMILES string of the molecule is COc1ccc(C2CCCCC2)c(NC(=O)OC(C)(C)C)c1O. The second-order valence-electron chi connectivity index (χ2n) is 7.04. The Hall–Kier alpha value is -1.91. The highest BCUT2D eigenvalue weighted by molar-refractivity contribution is 5.89. The molecule has 0 aromatic heterocycles. The van der Waals surface area contributed by atoms with Crippen molar-refractivity contribution in [2.75, 3.05) is 12.4 Å². The van der Waals surface area contributed by atoms with E-state index in [-0.39, 0.29) is 5.75 Å². The van der Waals surface area contributed by atoms with E-state index >= 15 is 0 Å². The van der Waals surface area contributed by atoms with Gasteiger partial charge in [-0.3, -0.25) is 5.32 Å². The molecule has 1 aliphatic rings. The third-order valence-electron chi connectivity index (χ3n) is 4.06. The maximum Gasteiger partial charge on any atom is 0.412 e. The zero-order valence-electron chi connectivity index (χ0n) is 14.4. The molecule has 128 valence electrons. The summed E-state index contributed by atoms with van der Waals surface area (Å²) in [5.74, 6) is 0.641. The van der Waals surface area contributed by atoms with Crippen molar-refractivity contribution in [3.05, 3.63) is 17.7 Å². The van der Waals surface area contributed by atoms with Crippen LogP contribution in [0.1, 0.15) is 64.4 Å². The van der Waals surface area contributed by atoms with Crippen LogP contribution in [0.4, 0.5) is 10.5 Å². The summed E-state index contributed by atoms with van der Waals surface area (Å²) in [7, 11) is 1.49. The number of amides is 1. The third-order valence-corrected chi connectivity index (χ3v) is 4.06. The van der Waals surface area contributed by atoms with Crippen LogP contribution in [0.25, 0.3) is 0 Å². The molecule has 0 atom stereocenters. The molecule has 0 heterocycles. The first kappa shape index (κ1) is 17.4. The quantitative estimate of drug-likeness (QED) is 0.785. The first-order chi connectivity index (χ1) is 10.8. The Balaban J connectivity index is 2.31. The van der Waals surface area contributed by atoms with Crippen LogP contribution >= 0.6 is 0 Å². The van der Waals surface area contributed by atoms with Crippen molar-refractivity contribution in [1.82, 2.24) is 0 Å². The smallest absolute Gasteiger partial charge is 0.412 e. The number of rotatable bonds is 3. The van der Waals surface area contributed by atoms with Gasteiger partial charge in [-0.05, 0) is 51.2 Å². The van der Waals surface area contributed by atoms with Crippen LogP contribution in [0, 0.1) is 0 Å². The molecular formula is C18H27NO4. The van der Waals surface area contributed by atoms with Gasteiger partial charge in [0.25, 0.3) is 0 Å². The number of aromatic hydroxyl groups is 1. The molecule has 2 N–H and O–H groups in total. The van der Waals surface area contributed by atoms with Crippen molar-refractivity contribution in [3.8, 4) is 11.5 Å². The van der Waals surface area contributed by atoms with E-state index in [9.17, 15) is 9.90 Å². The van der Waals surface area contributed by atoms with Gasteiger partial charge in [-0.25, -0.2) is 4.79 Å². The molecule has 0 spiro atoms. The number of methoxy groups -OCH3 is 1. The van der Waals surface area contributed by atoms with Crippen molar-refractivity contribution in [2.45, 2.75) is 64.4 Å². The molecular weight excluding hydrogens is 294 g/mol. The second kappa shape index (κ2) is 7.11. The van der Waals surface area contributed by atoms with Gasteiger partial charge in [0, 0.05) is 0 Å². The fraction of sp³-hybridized carbons (Fsp3) is 0.611. The Kier molecular flexibility index (Phi) is 5.39. The number of hydrogen-bond acceptors (Lipinski definition) is 4. The maximum absolute atomic E-state index is 12.1. The van der Waals surface area contributed by atoms with E-state index in [0.717, 1.165) is 18.4 Å². The summed E-state index contributed by atoms with van der Waals surface area (Å²) in [6.07, 6.45) is 5.14. The largest absolute Gasteiger partial charge is 0.503 e. The molecule has 1 aromatic carbocycles. The summed E-state index contributed by atoms with van der Waals surface area (Å²) in [6.45, 7) is 5.42. The number of carbonyl (C=O) groups excluding carboxylic acids is 1. The van der Waals surface area contributed by atoms with Gasteiger partial charge in [0.15, 0.2) is 11.5 Å². The van der Waals surface area contributed by atoms with Crippen LogP contribution in [0.2, 0.25) is 0 Å². The number of ether oxygens (including phenoxy) is 2. The first-order valence-electron chi connectivity index (χ1n) is 8.21. The monoisotopic (exact) mass is 321 g/mol. The molecule has 0 bridgehead atoms. The molecule has 1 aliphatic carbocycles. The highest BCUT2D eigenvalue weighted by Crippen LogP contribution is 2.44. The lowest BCUT2D eigenvalue weighted by Crippen LogP contribution is -2.27. The number of nitrogens with one attached hydrogen (secondary N) is 1. The van der Waals surface area contributed by atoms with Crippen LogP contribution in [0.15, 0.2) is 12.1 Å². The molecule has 5 heteroatoms. The first-order valence-corrected chi connectivity index (χ1v) is 8.21. The van der Waals surface area contributed by atoms with Crippen molar-refractivity contribution < 1.29 is 19.4 Å². The van der Waals surface area contributed by atoms with Crippen LogP contribution in [-0.4, -0.2) is 23.9 Å². The third kappa shape index (κ3) is 4.53. The number of phenols is 1. The zero-order chi connectivity index (χ0) is 17.0. The summed E-state index contributed by atoms with van der Waals surface area (Å²) in [4.78, 5) is 12.1. The lowest BCUT2D eigenvalue weighted by atomic mass is 9.83. The molecule has 0 saturated heterocycles. The Morgan fingerprint density at radius 1 is 1.22 bits per heavy atom. The Morgan fingerprint density at radius 3 is 2.43 bits per heavy atom. The van der Waals surface area contributed by atoms with Crippen LogP contribution < -0.4 is 10.1 Å². The summed E-state index contributed by atoms with van der Waals surface area (Å²) in [5.41, 5.74) is 0.767. The lowest BCUT2D eigenvalue weighted by Gasteiger charge is -2.26. The average molecular weight is 321 g/mol. The summed E-state index contributed by atoms with van der Waals surface area (Å²) >= 11 is 0. The molecule has 1 aromatic rings. The molecule has 0 radical (unpaired) electrons. The van der Waals surface area contributed by atoms with Gasteiger partial charge in [-0.2, -0.15) is 0 Å². The van der Waals surface area contributed by atoms with Crippen molar-refractivity contribution in [1.29, 1.82) is 0 Å². The predicted octanol–water partition coefficient (Wildman–Crippen LogP) is 4.80. The van der Waals surface area contributed by atoms with Crippen molar-refractivity contribution >= 4 is 11.8 Å². The summed E-state index contributed by atoms with van der Waals surface area (Å²) in [6, 6.07) is 3.68. The fourth-order valence-corrected chi connectivity index (χ4v) is 3.04. The van der Waals surface area contributed by atoms with Crippen molar-refractivity contribution in [2.24, 2.45) is 0 Å². The molecule has 5 nitrogen and oxygen atoms in total. The highest BCUT2D eigenvalue weighted by Gasteiger charge is 2.25. The van der Waals surface area contributed by atoms with Gasteiger partial charge in [0.05, 0.1) is 12.8 Å². The Bertz CT molecular complexity index is 557. The van der Waals surface area contributed by atoms with Crippen molar-refractivity contribution in [3.63, 3.8) is 0 Å². The van der Waals surface area contributed by atoms with Crippen LogP contribution in [0.3, 0.4) is 0 Å². The van der Waals surface area contributed by atoms with E-state index in [4.69, 9.17) is 9.47 Å². The molecule has 0 aliphatic heterocycles. The van der Waals surface area contributed by atoms with E-state index in [2.05, 4.69) is 5.32 Å². The van der Waals surface area contributed by atoms with Crippen LogP contribution in [0.5, 0.6) is 11.5 Å². The molecule has 1 amide bonds. The number of anilines is 1. The zero-order valence-corrected chi connectivity index (χ0v) is 14.4. The summed E-state index contributed by atoms with van der Waals surface area (Å²) < 4.78 is 10.5. The highest BCUT2D eigenvalue weighted by atomic mass is 16.6. The minimum Gasteiger partial charge on any atom is -0.503 e. The molecule has 2 rings (SSSR count). The van der Waals surface area contributed by atoms with Gasteiger partial charge in [-0.15, -0.1) is 0 Å². The standard InChI is InChI=1S/C18H27NO4/c1-18(2,3)23-17(21)19-15-13(12-8-6-5-7-9-12)10-11-14(22-4)16(15)20/h10-12,20H,5-9H2,1-4H3,(H,19,21). The van der Waals surface area contributed by atoms with E-state index in [0.29, 0.717) is 17.4 Å². The molecule has 1 saturated carbocycles. The fourth-order valence-electron chi connectivity index (χ4n) is 3.04. The minimum absolute atomic E-state index is 0.0403. The number of hydrogen-bond donors (Lipinski definition) is 2. The van der Waals surface area contributed by atoms with E-state index in [1.807, 2.05) is 6.07 Å². The molecule has 23 heavy (non-hydrogen) atoms. The Labute approximate surface area is 138 Å². The minimum atomic E-state index is -0.594. The molecule has 0 unspecified atom stereocenters. The topological polar surface area (TPSA) is 67.8 Å². The second-order valence-corrected chi connectivity index (χ2v) is 7.04. The van der Waals surface area contributed by atoms with Gasteiger partial charge in [-0.1, -0.05) is 25.3 Å². The number of phenolic OH excluding ortho intramolecular Hbond substituents is 1. The normalized spacial score (nSPS) is 16.0. The Morgan fingerprint density at radius 2 is 1.87 bits per heavy atom. The van der Waals surface area contributed by atoms with Gasteiger partial charge < -0.3 is 14.6 Å². The van der Waals surface area contributed by atoms with E-state index in [1.54, 1.807) is 26.8 Å². The molecule has 1 fully saturated rings. The van der Waals surface area contributed by atoms with Gasteiger partial charge in [0.1, 0.15) is 5.60 Å². The van der Waals surface area contributed by atoms with E-state index in [1.165, 1.54) is 26.4 Å². The van der Waals surface area contributed by atoms with Crippen LogP contribution in [-0.2, 0) is 4.74 Å². The number of carbonyl (C=O) groups is 1. The van der Waals surface area contributed by atoms with Gasteiger partial charge in [0.2, 0.25) is 0 Å². The van der Waals surface area contributed by atoms with Gasteiger partial charge >= 0.3 is 6.09 Å².